The fourth-order valence-electron chi connectivity index (χ4n) is 0.726. The maximum Gasteiger partial charge on any atom is 0.357 e. The maximum atomic E-state index is 11.0. The van der Waals surface area contributed by atoms with Crippen LogP contribution in [0.3, 0.4) is 0 Å². The number of rotatable bonds is 8. The highest BCUT2D eigenvalue weighted by atomic mass is 16.6. The molecule has 5 nitrogen and oxygen atoms in total. The third kappa shape index (κ3) is 7.61. The van der Waals surface area contributed by atoms with Crippen molar-refractivity contribution in [3.05, 3.63) is 12.3 Å². The fourth-order valence-corrected chi connectivity index (χ4v) is 0.726. The smallest absolute Gasteiger partial charge is 0.357 e. The monoisotopic (exact) mass is 213 g/mol. The van der Waals surface area contributed by atoms with E-state index >= 15 is 0 Å². The molecular formula is C10H15NO4. The lowest BCUT2D eigenvalue weighted by atomic mass is 10.4. The van der Waals surface area contributed by atoms with Crippen molar-refractivity contribution in [1.29, 1.82) is 0 Å². The van der Waals surface area contributed by atoms with Gasteiger partial charge in [-0.2, -0.15) is 4.99 Å². The van der Waals surface area contributed by atoms with Crippen LogP contribution in [0.15, 0.2) is 17.3 Å². The Morgan fingerprint density at radius 2 is 2.13 bits per heavy atom. The van der Waals surface area contributed by atoms with E-state index in [0.29, 0.717) is 13.2 Å². The first-order valence-electron chi connectivity index (χ1n) is 4.74. The number of carbonyl (C=O) groups excluding carboxylic acids is 2. The molecule has 84 valence electrons. The second-order valence-electron chi connectivity index (χ2n) is 2.75. The van der Waals surface area contributed by atoms with Gasteiger partial charge in [0.1, 0.15) is 6.61 Å². The summed E-state index contributed by atoms with van der Waals surface area (Å²) in [5.41, 5.74) is -0.251. The van der Waals surface area contributed by atoms with Crippen LogP contribution in [0.4, 0.5) is 0 Å². The SMILES string of the molecule is C=C(N=C=O)C(=O)OCCOCCCC. The van der Waals surface area contributed by atoms with E-state index in [1.807, 2.05) is 0 Å². The van der Waals surface area contributed by atoms with Crippen LogP contribution in [0.25, 0.3) is 0 Å². The molecule has 0 rings (SSSR count). The summed E-state index contributed by atoms with van der Waals surface area (Å²) in [4.78, 5) is 23.8. The summed E-state index contributed by atoms with van der Waals surface area (Å²) in [5.74, 6) is -0.725. The van der Waals surface area contributed by atoms with E-state index in [-0.39, 0.29) is 12.3 Å². The van der Waals surface area contributed by atoms with Crippen molar-refractivity contribution < 1.29 is 19.1 Å². The van der Waals surface area contributed by atoms with Crippen molar-refractivity contribution >= 4 is 12.0 Å². The minimum absolute atomic E-state index is 0.135. The molecule has 0 N–H and O–H groups in total. The van der Waals surface area contributed by atoms with Gasteiger partial charge in [-0.25, -0.2) is 9.59 Å². The van der Waals surface area contributed by atoms with Crippen molar-refractivity contribution in [2.45, 2.75) is 19.8 Å². The number of esters is 1. The van der Waals surface area contributed by atoms with E-state index in [1.165, 1.54) is 6.08 Å². The maximum absolute atomic E-state index is 11.0. The number of nitrogens with zero attached hydrogens (tertiary/aromatic N) is 1. The molecule has 0 amide bonds. The van der Waals surface area contributed by atoms with Gasteiger partial charge in [-0.05, 0) is 6.42 Å². The first-order valence-corrected chi connectivity index (χ1v) is 4.74. The van der Waals surface area contributed by atoms with Gasteiger partial charge < -0.3 is 9.47 Å². The summed E-state index contributed by atoms with van der Waals surface area (Å²) in [6.07, 6.45) is 3.25. The Morgan fingerprint density at radius 1 is 1.40 bits per heavy atom. The normalized spacial score (nSPS) is 9.13. The number of hydrogen-bond donors (Lipinski definition) is 0. The Balaban J connectivity index is 3.47. The first-order chi connectivity index (χ1) is 7.22. The van der Waals surface area contributed by atoms with Gasteiger partial charge in [0.25, 0.3) is 0 Å². The van der Waals surface area contributed by atoms with Crippen molar-refractivity contribution in [2.75, 3.05) is 19.8 Å². The highest BCUT2D eigenvalue weighted by Crippen LogP contribution is 1.95. The van der Waals surface area contributed by atoms with Crippen LogP contribution in [0.2, 0.25) is 0 Å². The van der Waals surface area contributed by atoms with E-state index in [1.54, 1.807) is 0 Å². The predicted octanol–water partition coefficient (Wildman–Crippen LogP) is 1.20. The number of carbonyl (C=O) groups is 1. The van der Waals surface area contributed by atoms with E-state index < -0.39 is 5.97 Å². The van der Waals surface area contributed by atoms with Crippen molar-refractivity contribution in [1.82, 2.24) is 0 Å². The summed E-state index contributed by atoms with van der Waals surface area (Å²) in [5, 5.41) is 0. The molecule has 0 heterocycles. The van der Waals surface area contributed by atoms with Crippen LogP contribution in [0, 0.1) is 0 Å². The second-order valence-corrected chi connectivity index (χ2v) is 2.75. The topological polar surface area (TPSA) is 65.0 Å². The molecule has 0 aliphatic rings. The lowest BCUT2D eigenvalue weighted by Crippen LogP contribution is -2.11. The Morgan fingerprint density at radius 3 is 2.73 bits per heavy atom. The first kappa shape index (κ1) is 13.5. The summed E-state index contributed by atoms with van der Waals surface area (Å²) < 4.78 is 9.85. The van der Waals surface area contributed by atoms with Crippen LogP contribution in [0.1, 0.15) is 19.8 Å². The lowest BCUT2D eigenvalue weighted by Gasteiger charge is -2.04. The highest BCUT2D eigenvalue weighted by molar-refractivity contribution is 5.88. The van der Waals surface area contributed by atoms with Gasteiger partial charge >= 0.3 is 5.97 Å². The Labute approximate surface area is 88.8 Å². The van der Waals surface area contributed by atoms with Crippen LogP contribution in [-0.4, -0.2) is 31.9 Å². The molecule has 0 spiro atoms. The van der Waals surface area contributed by atoms with Crippen LogP contribution in [0.5, 0.6) is 0 Å². The minimum Gasteiger partial charge on any atom is -0.459 e. The minimum atomic E-state index is -0.725. The molecule has 0 fully saturated rings. The zero-order valence-electron chi connectivity index (χ0n) is 8.82. The van der Waals surface area contributed by atoms with Gasteiger partial charge in [-0.3, -0.25) is 0 Å². The summed E-state index contributed by atoms with van der Waals surface area (Å²) in [7, 11) is 0. The van der Waals surface area contributed by atoms with Crippen LogP contribution in [-0.2, 0) is 19.1 Å². The quantitative estimate of drug-likeness (QED) is 0.200. The van der Waals surface area contributed by atoms with E-state index in [0.717, 1.165) is 12.8 Å². The van der Waals surface area contributed by atoms with E-state index in [2.05, 4.69) is 18.5 Å². The van der Waals surface area contributed by atoms with Gasteiger partial charge in [0.2, 0.25) is 6.08 Å². The molecule has 0 radical (unpaired) electrons. The van der Waals surface area contributed by atoms with Crippen LogP contribution >= 0.6 is 0 Å². The third-order valence-electron chi connectivity index (χ3n) is 1.52. The van der Waals surface area contributed by atoms with E-state index in [9.17, 15) is 9.59 Å². The third-order valence-corrected chi connectivity index (χ3v) is 1.52. The zero-order chi connectivity index (χ0) is 11.5. The molecule has 0 unspecified atom stereocenters. The highest BCUT2D eigenvalue weighted by Gasteiger charge is 2.06. The zero-order valence-corrected chi connectivity index (χ0v) is 8.82. The number of ether oxygens (including phenoxy) is 2. The summed E-state index contributed by atoms with van der Waals surface area (Å²) in [6.45, 7) is 6.41. The number of isocyanates is 1. The molecule has 5 heteroatoms. The van der Waals surface area contributed by atoms with Gasteiger partial charge in [0.05, 0.1) is 6.61 Å². The van der Waals surface area contributed by atoms with Gasteiger partial charge in [0, 0.05) is 6.61 Å². The lowest BCUT2D eigenvalue weighted by molar-refractivity contribution is -0.140. The number of unbranched alkanes of at least 4 members (excludes halogenated alkanes) is 1. The van der Waals surface area contributed by atoms with Crippen LogP contribution < -0.4 is 0 Å². The largest absolute Gasteiger partial charge is 0.459 e. The molecule has 0 aromatic rings. The van der Waals surface area contributed by atoms with Gasteiger partial charge in [-0.1, -0.05) is 19.9 Å². The average Bonchev–Trinajstić information content (AvgIpc) is 2.23. The van der Waals surface area contributed by atoms with Gasteiger partial charge in [0.15, 0.2) is 5.70 Å². The van der Waals surface area contributed by atoms with Crippen molar-refractivity contribution in [3.63, 3.8) is 0 Å². The molecule has 0 aliphatic heterocycles. The average molecular weight is 213 g/mol. The Bertz CT molecular complexity index is 256. The van der Waals surface area contributed by atoms with E-state index in [4.69, 9.17) is 9.47 Å². The molecule has 0 atom stereocenters. The molecule has 0 saturated carbocycles. The fraction of sp³-hybridized carbons (Fsp3) is 0.600. The Kier molecular flexibility index (Phi) is 8.24. The van der Waals surface area contributed by atoms with Crippen molar-refractivity contribution in [2.24, 2.45) is 4.99 Å². The number of hydrogen-bond acceptors (Lipinski definition) is 5. The molecule has 0 aromatic heterocycles. The molecule has 0 aliphatic carbocycles. The Hall–Kier alpha value is -1.45. The molecule has 0 saturated heterocycles. The molecular weight excluding hydrogens is 198 g/mol. The molecule has 0 bridgehead atoms. The van der Waals surface area contributed by atoms with Crippen molar-refractivity contribution in [3.8, 4) is 0 Å². The number of aliphatic imine (C=N–C) groups is 1. The molecule has 15 heavy (non-hydrogen) atoms. The van der Waals surface area contributed by atoms with Gasteiger partial charge in [-0.15, -0.1) is 0 Å². The molecule has 0 aromatic carbocycles. The predicted molar refractivity (Wildman–Crippen MR) is 53.9 cm³/mol. The summed E-state index contributed by atoms with van der Waals surface area (Å²) in [6, 6.07) is 0. The summed E-state index contributed by atoms with van der Waals surface area (Å²) >= 11 is 0. The standard InChI is InChI=1S/C10H15NO4/c1-3-4-5-14-6-7-15-10(13)9(2)11-8-12/h2-7H2,1H3. The second kappa shape index (κ2) is 9.12.